The summed E-state index contributed by atoms with van der Waals surface area (Å²) in [6.07, 6.45) is 1.85. The van der Waals surface area contributed by atoms with Crippen molar-refractivity contribution in [3.63, 3.8) is 0 Å². The van der Waals surface area contributed by atoms with Crippen LogP contribution in [0.4, 0.5) is 0 Å². The van der Waals surface area contributed by atoms with Crippen LogP contribution in [-0.4, -0.2) is 57.2 Å². The molecule has 1 aromatic carbocycles. The van der Waals surface area contributed by atoms with E-state index in [1.165, 1.54) is 6.08 Å². The smallest absolute Gasteiger partial charge is 0.246 e. The van der Waals surface area contributed by atoms with Crippen LogP contribution in [0.3, 0.4) is 0 Å². The fraction of sp³-hybridized carbons (Fsp3) is 0.526. The fourth-order valence-corrected chi connectivity index (χ4v) is 3.28. The lowest BCUT2D eigenvalue weighted by atomic mass is 9.98. The van der Waals surface area contributed by atoms with Gasteiger partial charge in [0.05, 0.1) is 20.3 Å². The molecule has 0 aromatic heterocycles. The highest BCUT2D eigenvalue weighted by Gasteiger charge is 2.46. The number of rotatable bonds is 7. The highest BCUT2D eigenvalue weighted by molar-refractivity contribution is 5.87. The molecule has 1 aromatic rings. The summed E-state index contributed by atoms with van der Waals surface area (Å²) in [5.74, 6) is -0.312. The number of carbonyl (C=O) groups is 1. The summed E-state index contributed by atoms with van der Waals surface area (Å²) >= 11 is 0. The number of hydrogen-bond donors (Lipinski definition) is 0. The van der Waals surface area contributed by atoms with Gasteiger partial charge in [0.25, 0.3) is 0 Å². The third kappa shape index (κ3) is 3.86. The van der Waals surface area contributed by atoms with Crippen LogP contribution in [0.25, 0.3) is 0 Å². The Morgan fingerprint density at radius 1 is 1.40 bits per heavy atom. The second-order valence-electron chi connectivity index (χ2n) is 5.98. The highest BCUT2D eigenvalue weighted by atomic mass is 16.7. The van der Waals surface area contributed by atoms with Crippen LogP contribution < -0.4 is 4.74 Å². The van der Waals surface area contributed by atoms with Gasteiger partial charge >= 0.3 is 0 Å². The second kappa shape index (κ2) is 8.47. The zero-order valence-corrected chi connectivity index (χ0v) is 15.4. The molecule has 0 N–H and O–H groups in total. The molecule has 0 radical (unpaired) electrons. The molecule has 1 aliphatic rings. The summed E-state index contributed by atoms with van der Waals surface area (Å²) in [5.41, 5.74) is 1.98. The Kier molecular flexibility index (Phi) is 6.58. The third-order valence-corrected chi connectivity index (χ3v) is 4.86. The van der Waals surface area contributed by atoms with E-state index in [4.69, 9.17) is 18.9 Å². The predicted octanol–water partition coefficient (Wildman–Crippen LogP) is 2.30. The molecular weight excluding hydrogens is 322 g/mol. The van der Waals surface area contributed by atoms with Crippen molar-refractivity contribution in [2.45, 2.75) is 31.7 Å². The van der Waals surface area contributed by atoms with E-state index in [1.54, 1.807) is 26.2 Å². The molecule has 0 spiro atoms. The van der Waals surface area contributed by atoms with E-state index in [1.807, 2.05) is 25.1 Å². The van der Waals surface area contributed by atoms with Crippen LogP contribution in [0.2, 0.25) is 0 Å². The van der Waals surface area contributed by atoms with Crippen molar-refractivity contribution in [2.24, 2.45) is 0 Å². The predicted molar refractivity (Wildman–Crippen MR) is 94.5 cm³/mol. The number of hydrogen-bond acceptors (Lipinski definition) is 5. The summed E-state index contributed by atoms with van der Waals surface area (Å²) in [4.78, 5) is 14.3. The van der Waals surface area contributed by atoms with Crippen molar-refractivity contribution < 1.29 is 23.7 Å². The van der Waals surface area contributed by atoms with Crippen LogP contribution in [0.1, 0.15) is 17.5 Å². The van der Waals surface area contributed by atoms with Gasteiger partial charge in [-0.2, -0.15) is 0 Å². The lowest BCUT2D eigenvalue weighted by Crippen LogP contribution is -2.61. The monoisotopic (exact) mass is 349 g/mol. The molecule has 25 heavy (non-hydrogen) atoms. The maximum Gasteiger partial charge on any atom is 0.246 e. The van der Waals surface area contributed by atoms with Crippen LogP contribution in [0, 0.1) is 6.92 Å². The van der Waals surface area contributed by atoms with E-state index in [-0.39, 0.29) is 11.9 Å². The van der Waals surface area contributed by atoms with E-state index in [0.29, 0.717) is 26.2 Å². The molecule has 1 aliphatic heterocycles. The Morgan fingerprint density at radius 2 is 2.12 bits per heavy atom. The Hall–Kier alpha value is -1.89. The van der Waals surface area contributed by atoms with Gasteiger partial charge in [-0.05, 0) is 30.2 Å². The van der Waals surface area contributed by atoms with E-state index in [9.17, 15) is 4.79 Å². The number of nitrogens with zero attached hydrogens (tertiary/aromatic N) is 1. The molecule has 1 unspecified atom stereocenters. The molecule has 1 heterocycles. The lowest BCUT2D eigenvalue weighted by molar-refractivity contribution is -0.276. The van der Waals surface area contributed by atoms with E-state index in [2.05, 4.69) is 6.58 Å². The van der Waals surface area contributed by atoms with Gasteiger partial charge in [-0.25, -0.2) is 0 Å². The molecule has 1 atom stereocenters. The van der Waals surface area contributed by atoms with Crippen molar-refractivity contribution in [3.05, 3.63) is 42.0 Å². The van der Waals surface area contributed by atoms with Crippen LogP contribution >= 0.6 is 0 Å². The lowest BCUT2D eigenvalue weighted by Gasteiger charge is -2.46. The molecule has 0 bridgehead atoms. The van der Waals surface area contributed by atoms with Crippen molar-refractivity contribution >= 4 is 5.91 Å². The molecule has 0 aliphatic carbocycles. The van der Waals surface area contributed by atoms with Crippen molar-refractivity contribution in [1.29, 1.82) is 0 Å². The summed E-state index contributed by atoms with van der Waals surface area (Å²) < 4.78 is 22.3. The van der Waals surface area contributed by atoms with Crippen LogP contribution in [-0.2, 0) is 25.5 Å². The van der Waals surface area contributed by atoms with Crippen molar-refractivity contribution in [1.82, 2.24) is 4.90 Å². The highest BCUT2D eigenvalue weighted by Crippen LogP contribution is 2.32. The largest absolute Gasteiger partial charge is 0.496 e. The van der Waals surface area contributed by atoms with E-state index in [0.717, 1.165) is 16.9 Å². The number of ether oxygens (including phenoxy) is 4. The normalized spacial score (nSPS) is 19.3. The van der Waals surface area contributed by atoms with Gasteiger partial charge < -0.3 is 23.8 Å². The Labute approximate surface area is 149 Å². The summed E-state index contributed by atoms with van der Waals surface area (Å²) in [5, 5.41) is 0. The average molecular weight is 349 g/mol. The Bertz CT molecular complexity index is 612. The van der Waals surface area contributed by atoms with Crippen molar-refractivity contribution in [2.75, 3.05) is 34.5 Å². The average Bonchev–Trinajstić information content (AvgIpc) is 2.66. The molecule has 1 saturated heterocycles. The van der Waals surface area contributed by atoms with Gasteiger partial charge in [0.2, 0.25) is 5.91 Å². The van der Waals surface area contributed by atoms with Gasteiger partial charge in [-0.3, -0.25) is 4.79 Å². The number of benzene rings is 1. The van der Waals surface area contributed by atoms with Crippen LogP contribution in [0.5, 0.6) is 5.75 Å². The standard InChI is InChI=1S/C19H27NO5/c1-6-18(21)20(12-15-8-7-9-16(22-3)14(15)2)17-13-25-11-10-19(17,23-4)24-5/h6-9,17H,1,10-13H2,2-5H3. The summed E-state index contributed by atoms with van der Waals surface area (Å²) in [6, 6.07) is 5.41. The number of carbonyl (C=O) groups excluding carboxylic acids is 1. The maximum atomic E-state index is 12.6. The number of methoxy groups -OCH3 is 3. The first kappa shape index (κ1) is 19.4. The Balaban J connectivity index is 2.39. The Morgan fingerprint density at radius 3 is 2.72 bits per heavy atom. The zero-order valence-electron chi connectivity index (χ0n) is 15.4. The molecule has 1 fully saturated rings. The molecule has 6 nitrogen and oxygen atoms in total. The third-order valence-electron chi connectivity index (χ3n) is 4.86. The van der Waals surface area contributed by atoms with Gasteiger partial charge in [0.15, 0.2) is 5.79 Å². The maximum absolute atomic E-state index is 12.6. The fourth-order valence-electron chi connectivity index (χ4n) is 3.28. The minimum atomic E-state index is -0.899. The van der Waals surface area contributed by atoms with Gasteiger partial charge in [0, 0.05) is 27.2 Å². The van der Waals surface area contributed by atoms with Gasteiger partial charge in [0.1, 0.15) is 11.8 Å². The molecule has 0 saturated carbocycles. The van der Waals surface area contributed by atoms with Crippen molar-refractivity contribution in [3.8, 4) is 5.75 Å². The molecule has 138 valence electrons. The molecular formula is C19H27NO5. The topological polar surface area (TPSA) is 57.2 Å². The van der Waals surface area contributed by atoms with E-state index >= 15 is 0 Å². The number of amides is 1. The van der Waals surface area contributed by atoms with Gasteiger partial charge in [-0.15, -0.1) is 0 Å². The van der Waals surface area contributed by atoms with Crippen LogP contribution in [0.15, 0.2) is 30.9 Å². The molecule has 1 amide bonds. The van der Waals surface area contributed by atoms with Gasteiger partial charge in [-0.1, -0.05) is 18.7 Å². The minimum Gasteiger partial charge on any atom is -0.496 e. The molecule has 2 rings (SSSR count). The first-order chi connectivity index (χ1) is 12.0. The first-order valence-electron chi connectivity index (χ1n) is 8.26. The summed E-state index contributed by atoms with van der Waals surface area (Å²) in [6.45, 7) is 6.85. The minimum absolute atomic E-state index is 0.198. The first-order valence-corrected chi connectivity index (χ1v) is 8.26. The van der Waals surface area contributed by atoms with E-state index < -0.39 is 5.79 Å². The SMILES string of the molecule is C=CC(=O)N(Cc1cccc(OC)c1C)C1COCCC1(OC)OC. The molecule has 6 heteroatoms. The summed E-state index contributed by atoms with van der Waals surface area (Å²) in [7, 11) is 4.82. The zero-order chi connectivity index (χ0) is 18.4. The second-order valence-corrected chi connectivity index (χ2v) is 5.98. The quantitative estimate of drug-likeness (QED) is 0.558.